The number of benzene rings is 1. The highest BCUT2D eigenvalue weighted by molar-refractivity contribution is 5.95. The summed E-state index contributed by atoms with van der Waals surface area (Å²) in [5, 5.41) is 12.2. The minimum atomic E-state index is -0.987. The van der Waals surface area contributed by atoms with E-state index in [2.05, 4.69) is 14.7 Å². The van der Waals surface area contributed by atoms with Crippen LogP contribution in [0.2, 0.25) is 0 Å². The van der Waals surface area contributed by atoms with Crippen LogP contribution in [-0.2, 0) is 30.6 Å². The number of aldehydes is 2. The molecule has 33 heavy (non-hydrogen) atoms. The second-order valence-corrected chi connectivity index (χ2v) is 7.91. The first kappa shape index (κ1) is 26.2. The van der Waals surface area contributed by atoms with Gasteiger partial charge in [-0.15, -0.1) is 0 Å². The van der Waals surface area contributed by atoms with E-state index in [1.807, 2.05) is 6.92 Å². The molecule has 0 radical (unpaired) electrons. The van der Waals surface area contributed by atoms with Crippen LogP contribution < -0.4 is 9.47 Å². The van der Waals surface area contributed by atoms with Crippen LogP contribution in [0, 0.1) is 5.92 Å². The zero-order valence-electron chi connectivity index (χ0n) is 18.7. The molecule has 0 aliphatic carbocycles. The largest absolute Gasteiger partial charge is 0.513 e. The normalized spacial score (nSPS) is 20.1. The maximum absolute atomic E-state index is 11.8. The number of hydrogen-bond acceptors (Lipinski definition) is 11. The van der Waals surface area contributed by atoms with Gasteiger partial charge in [-0.05, 0) is 52.0 Å². The molecule has 1 N–H and O–H groups in total. The minimum Gasteiger partial charge on any atom is -0.486 e. The summed E-state index contributed by atoms with van der Waals surface area (Å²) in [5.74, 6) is -0.0169. The number of hydrogen-bond donors (Lipinski definition) is 1. The molecule has 0 saturated carbocycles. The van der Waals surface area contributed by atoms with Crippen molar-refractivity contribution in [3.05, 3.63) is 22.8 Å². The Hall–Kier alpha value is -3.02. The van der Waals surface area contributed by atoms with Crippen LogP contribution in [-0.4, -0.2) is 55.9 Å². The smallest absolute Gasteiger partial charge is 0.486 e. The van der Waals surface area contributed by atoms with E-state index in [9.17, 15) is 19.2 Å². The van der Waals surface area contributed by atoms with Gasteiger partial charge in [0.05, 0.1) is 25.4 Å². The predicted octanol–water partition coefficient (Wildman–Crippen LogP) is 3.31. The van der Waals surface area contributed by atoms with Crippen LogP contribution in [0.4, 0.5) is 4.79 Å². The van der Waals surface area contributed by atoms with E-state index >= 15 is 0 Å². The average Bonchev–Trinajstić information content (AvgIpc) is 2.79. The molecule has 182 valence electrons. The standard InChI is InChI=1S/C22H28O11/c1-14(29-13-25)5-4-7-22(2)16(6-8-30-33-27)10-17-19(31-21(26)28-3)9-15(11-23)18(12-24)20(17)32-22/h9,11-14,16,27H,4-8,10H2,1-3H3. The highest BCUT2D eigenvalue weighted by Gasteiger charge is 2.43. The van der Waals surface area contributed by atoms with Gasteiger partial charge in [0, 0.05) is 17.0 Å². The molecule has 1 aliphatic heterocycles. The van der Waals surface area contributed by atoms with Crippen LogP contribution in [0.15, 0.2) is 6.07 Å². The van der Waals surface area contributed by atoms with Crippen molar-refractivity contribution in [2.24, 2.45) is 5.92 Å². The van der Waals surface area contributed by atoms with Gasteiger partial charge in [-0.25, -0.2) is 14.9 Å². The van der Waals surface area contributed by atoms with E-state index in [0.717, 1.165) is 7.11 Å². The molecule has 1 aromatic carbocycles. The molecule has 3 atom stereocenters. The van der Waals surface area contributed by atoms with Gasteiger partial charge in [0.2, 0.25) is 0 Å². The molecule has 0 bridgehead atoms. The fourth-order valence-corrected chi connectivity index (χ4v) is 4.04. The lowest BCUT2D eigenvalue weighted by Gasteiger charge is -2.43. The summed E-state index contributed by atoms with van der Waals surface area (Å²) in [6.45, 7) is 4.07. The molecule has 1 heterocycles. The van der Waals surface area contributed by atoms with Crippen molar-refractivity contribution in [2.45, 2.75) is 57.7 Å². The predicted molar refractivity (Wildman–Crippen MR) is 111 cm³/mol. The molecule has 0 saturated heterocycles. The van der Waals surface area contributed by atoms with Gasteiger partial charge in [-0.1, -0.05) is 5.04 Å². The molecule has 0 amide bonds. The van der Waals surface area contributed by atoms with Crippen molar-refractivity contribution in [3.63, 3.8) is 0 Å². The van der Waals surface area contributed by atoms with Gasteiger partial charge < -0.3 is 18.9 Å². The molecular weight excluding hydrogens is 440 g/mol. The quantitative estimate of drug-likeness (QED) is 0.114. The first-order chi connectivity index (χ1) is 15.8. The molecular formula is C22H28O11. The SMILES string of the molecule is COC(=O)Oc1cc(C=O)c(C=O)c2c1CC(CCOOO)C(C)(CCCC(C)OC=O)O2. The van der Waals surface area contributed by atoms with Gasteiger partial charge in [-0.3, -0.25) is 14.4 Å². The van der Waals surface area contributed by atoms with Crippen LogP contribution in [0.3, 0.4) is 0 Å². The minimum absolute atomic E-state index is 0.00784. The van der Waals surface area contributed by atoms with Crippen molar-refractivity contribution >= 4 is 25.2 Å². The van der Waals surface area contributed by atoms with Gasteiger partial charge in [0.1, 0.15) is 17.1 Å². The Kier molecular flexibility index (Phi) is 9.76. The summed E-state index contributed by atoms with van der Waals surface area (Å²) in [4.78, 5) is 50.4. The van der Waals surface area contributed by atoms with Gasteiger partial charge in [0.15, 0.2) is 12.6 Å². The van der Waals surface area contributed by atoms with E-state index < -0.39 is 11.8 Å². The lowest BCUT2D eigenvalue weighted by Crippen LogP contribution is -2.46. The summed E-state index contributed by atoms with van der Waals surface area (Å²) < 4.78 is 21.0. The van der Waals surface area contributed by atoms with Crippen LogP contribution in [0.25, 0.3) is 0 Å². The summed E-state index contributed by atoms with van der Waals surface area (Å²) in [6.07, 6.45) is 2.16. The fourth-order valence-electron chi connectivity index (χ4n) is 4.04. The Bertz CT molecular complexity index is 853. The Morgan fingerprint density at radius 3 is 2.70 bits per heavy atom. The molecule has 0 aromatic heterocycles. The highest BCUT2D eigenvalue weighted by atomic mass is 17.5. The van der Waals surface area contributed by atoms with Gasteiger partial charge in [0.25, 0.3) is 6.47 Å². The van der Waals surface area contributed by atoms with E-state index in [1.54, 1.807) is 6.92 Å². The Labute approximate surface area is 190 Å². The second-order valence-electron chi connectivity index (χ2n) is 7.91. The summed E-state index contributed by atoms with van der Waals surface area (Å²) >= 11 is 0. The lowest BCUT2D eigenvalue weighted by molar-refractivity contribution is -0.491. The third kappa shape index (κ3) is 6.50. The first-order valence-corrected chi connectivity index (χ1v) is 10.4. The summed E-state index contributed by atoms with van der Waals surface area (Å²) in [5.41, 5.74) is -0.338. The van der Waals surface area contributed by atoms with Crippen molar-refractivity contribution in [3.8, 4) is 11.5 Å². The Morgan fingerprint density at radius 2 is 2.09 bits per heavy atom. The zero-order chi connectivity index (χ0) is 24.4. The maximum Gasteiger partial charge on any atom is 0.513 e. The topological polar surface area (TPSA) is 144 Å². The van der Waals surface area contributed by atoms with Gasteiger partial charge >= 0.3 is 6.16 Å². The second kappa shape index (κ2) is 12.3. The molecule has 1 aromatic rings. The van der Waals surface area contributed by atoms with E-state index in [4.69, 9.17) is 19.5 Å². The Balaban J connectivity index is 2.45. The van der Waals surface area contributed by atoms with Crippen molar-refractivity contribution in [1.82, 2.24) is 0 Å². The Morgan fingerprint density at radius 1 is 1.33 bits per heavy atom. The number of methoxy groups -OCH3 is 1. The third-order valence-electron chi connectivity index (χ3n) is 5.84. The fraction of sp³-hybridized carbons (Fsp3) is 0.545. The molecule has 11 heteroatoms. The maximum atomic E-state index is 11.8. The summed E-state index contributed by atoms with van der Waals surface area (Å²) in [6, 6.07) is 1.29. The van der Waals surface area contributed by atoms with Crippen molar-refractivity contribution in [1.29, 1.82) is 0 Å². The monoisotopic (exact) mass is 468 g/mol. The molecule has 11 nitrogen and oxygen atoms in total. The van der Waals surface area contributed by atoms with Crippen molar-refractivity contribution < 1.29 is 53.3 Å². The van der Waals surface area contributed by atoms with Crippen LogP contribution in [0.5, 0.6) is 11.5 Å². The average molecular weight is 468 g/mol. The van der Waals surface area contributed by atoms with E-state index in [0.29, 0.717) is 56.7 Å². The third-order valence-corrected chi connectivity index (χ3v) is 5.84. The first-order valence-electron chi connectivity index (χ1n) is 10.4. The number of carbonyl (C=O) groups excluding carboxylic acids is 4. The number of carbonyl (C=O) groups is 4. The number of fused-ring (bicyclic) bond motifs is 1. The molecule has 0 spiro atoms. The number of ether oxygens (including phenoxy) is 4. The lowest BCUT2D eigenvalue weighted by atomic mass is 9.75. The molecule has 3 unspecified atom stereocenters. The van der Waals surface area contributed by atoms with E-state index in [-0.39, 0.29) is 41.3 Å². The van der Waals surface area contributed by atoms with Gasteiger partial charge in [-0.2, -0.15) is 0 Å². The van der Waals surface area contributed by atoms with Crippen LogP contribution in [0.1, 0.15) is 65.8 Å². The number of rotatable bonds is 13. The highest BCUT2D eigenvalue weighted by Crippen LogP contribution is 2.47. The van der Waals surface area contributed by atoms with E-state index in [1.165, 1.54) is 6.07 Å². The molecule has 2 rings (SSSR count). The molecule has 1 aliphatic rings. The van der Waals surface area contributed by atoms with Crippen molar-refractivity contribution in [2.75, 3.05) is 13.7 Å². The molecule has 0 fully saturated rings. The van der Waals surface area contributed by atoms with Crippen LogP contribution >= 0.6 is 0 Å². The summed E-state index contributed by atoms with van der Waals surface area (Å²) in [7, 11) is 1.15. The zero-order valence-corrected chi connectivity index (χ0v) is 18.7.